The van der Waals surface area contributed by atoms with E-state index in [0.29, 0.717) is 29.8 Å². The van der Waals surface area contributed by atoms with Crippen molar-refractivity contribution in [2.75, 3.05) is 19.5 Å². The van der Waals surface area contributed by atoms with Crippen LogP contribution in [0.15, 0.2) is 65.8 Å². The molecular formula is C25H19F6N3O4. The molecule has 0 saturated heterocycles. The van der Waals surface area contributed by atoms with E-state index < -0.39 is 40.9 Å². The summed E-state index contributed by atoms with van der Waals surface area (Å²) in [7, 11) is 2.82. The maximum Gasteiger partial charge on any atom is 0.416 e. The zero-order valence-corrected chi connectivity index (χ0v) is 19.7. The SMILES string of the molecule is COc1ccc(C(=O)Nc2ccccc2C(=O)N/N=C/c2cc(C(F)(F)F)cc(C(F)(F)F)c2)cc1OC. The number of carbonyl (C=O) groups excluding carboxylic acids is 2. The molecule has 0 bridgehead atoms. The summed E-state index contributed by atoms with van der Waals surface area (Å²) >= 11 is 0. The van der Waals surface area contributed by atoms with E-state index in [9.17, 15) is 35.9 Å². The Morgan fingerprint density at radius 3 is 1.97 bits per heavy atom. The second-order valence-electron chi connectivity index (χ2n) is 7.61. The molecule has 0 aliphatic rings. The van der Waals surface area contributed by atoms with Crippen LogP contribution < -0.4 is 20.2 Å². The molecule has 7 nitrogen and oxygen atoms in total. The third-order valence-electron chi connectivity index (χ3n) is 5.06. The van der Waals surface area contributed by atoms with Gasteiger partial charge in [0, 0.05) is 5.56 Å². The van der Waals surface area contributed by atoms with E-state index in [4.69, 9.17) is 9.47 Å². The second-order valence-corrected chi connectivity index (χ2v) is 7.61. The van der Waals surface area contributed by atoms with Gasteiger partial charge in [-0.2, -0.15) is 31.4 Å². The number of hydrazone groups is 1. The van der Waals surface area contributed by atoms with Crippen LogP contribution in [0.4, 0.5) is 32.0 Å². The largest absolute Gasteiger partial charge is 0.493 e. The molecule has 0 radical (unpaired) electrons. The van der Waals surface area contributed by atoms with Gasteiger partial charge in [-0.15, -0.1) is 0 Å². The van der Waals surface area contributed by atoms with Crippen molar-refractivity contribution in [2.24, 2.45) is 5.10 Å². The molecule has 0 saturated carbocycles. The van der Waals surface area contributed by atoms with Crippen LogP contribution in [0.1, 0.15) is 37.4 Å². The van der Waals surface area contributed by atoms with Crippen molar-refractivity contribution in [2.45, 2.75) is 12.4 Å². The van der Waals surface area contributed by atoms with E-state index in [0.717, 1.165) is 0 Å². The van der Waals surface area contributed by atoms with Crippen molar-refractivity contribution >= 4 is 23.7 Å². The number of hydrogen-bond acceptors (Lipinski definition) is 5. The van der Waals surface area contributed by atoms with Gasteiger partial charge in [0.05, 0.1) is 42.8 Å². The first-order valence-electron chi connectivity index (χ1n) is 10.6. The number of methoxy groups -OCH3 is 2. The predicted octanol–water partition coefficient (Wildman–Crippen LogP) is 5.76. The zero-order valence-electron chi connectivity index (χ0n) is 19.7. The number of nitrogens with one attached hydrogen (secondary N) is 2. The van der Waals surface area contributed by atoms with Crippen LogP contribution in [0.5, 0.6) is 11.5 Å². The molecule has 200 valence electrons. The molecule has 0 unspecified atom stereocenters. The highest BCUT2D eigenvalue weighted by Gasteiger charge is 2.36. The highest BCUT2D eigenvalue weighted by molar-refractivity contribution is 6.09. The summed E-state index contributed by atoms with van der Waals surface area (Å²) < 4.78 is 88.5. The van der Waals surface area contributed by atoms with Crippen LogP contribution in [0.3, 0.4) is 0 Å². The molecule has 3 rings (SSSR count). The van der Waals surface area contributed by atoms with E-state index in [1.54, 1.807) is 0 Å². The van der Waals surface area contributed by atoms with Crippen molar-refractivity contribution in [1.82, 2.24) is 5.43 Å². The minimum Gasteiger partial charge on any atom is -0.493 e. The Morgan fingerprint density at radius 1 is 0.789 bits per heavy atom. The molecule has 0 heterocycles. The summed E-state index contributed by atoms with van der Waals surface area (Å²) in [5.74, 6) is -0.792. The molecule has 0 atom stereocenters. The Balaban J connectivity index is 1.80. The van der Waals surface area contributed by atoms with Crippen LogP contribution in [0.2, 0.25) is 0 Å². The van der Waals surface area contributed by atoms with Gasteiger partial charge in [0.2, 0.25) is 0 Å². The summed E-state index contributed by atoms with van der Waals surface area (Å²) in [5, 5.41) is 6.04. The molecule has 2 amide bonds. The number of nitrogens with zero attached hydrogens (tertiary/aromatic N) is 1. The number of anilines is 1. The number of carbonyl (C=O) groups is 2. The van der Waals surface area contributed by atoms with Gasteiger partial charge in [-0.1, -0.05) is 12.1 Å². The summed E-state index contributed by atoms with van der Waals surface area (Å²) in [5.41, 5.74) is -1.38. The molecule has 0 fully saturated rings. The van der Waals surface area contributed by atoms with Crippen LogP contribution in [-0.2, 0) is 12.4 Å². The molecule has 3 aromatic rings. The van der Waals surface area contributed by atoms with Crippen molar-refractivity contribution in [1.29, 1.82) is 0 Å². The maximum atomic E-state index is 13.0. The van der Waals surface area contributed by atoms with E-state index in [-0.39, 0.29) is 22.9 Å². The number of ether oxygens (including phenoxy) is 2. The van der Waals surface area contributed by atoms with Gasteiger partial charge in [-0.05, 0) is 54.1 Å². The molecule has 2 N–H and O–H groups in total. The van der Waals surface area contributed by atoms with Gasteiger partial charge in [-0.25, -0.2) is 5.43 Å². The number of amides is 2. The first kappa shape index (κ1) is 28.0. The third kappa shape index (κ3) is 6.81. The topological polar surface area (TPSA) is 89.0 Å². The average Bonchev–Trinajstić information content (AvgIpc) is 2.87. The minimum atomic E-state index is -5.03. The molecule has 13 heteroatoms. The predicted molar refractivity (Wildman–Crippen MR) is 125 cm³/mol. The molecule has 0 aliphatic carbocycles. The van der Waals surface area contributed by atoms with Crippen LogP contribution in [0.25, 0.3) is 0 Å². The molecule has 3 aromatic carbocycles. The number of para-hydroxylation sites is 1. The minimum absolute atomic E-state index is 0.0206. The highest BCUT2D eigenvalue weighted by atomic mass is 19.4. The van der Waals surface area contributed by atoms with Crippen LogP contribution in [0, 0.1) is 0 Å². The Labute approximate surface area is 212 Å². The lowest BCUT2D eigenvalue weighted by atomic mass is 10.1. The lowest BCUT2D eigenvalue weighted by Crippen LogP contribution is -2.21. The number of benzene rings is 3. The summed E-state index contributed by atoms with van der Waals surface area (Å²) in [6.45, 7) is 0. The van der Waals surface area contributed by atoms with Gasteiger partial charge in [0.15, 0.2) is 11.5 Å². The smallest absolute Gasteiger partial charge is 0.416 e. The highest BCUT2D eigenvalue weighted by Crippen LogP contribution is 2.36. The fourth-order valence-electron chi connectivity index (χ4n) is 3.24. The summed E-state index contributed by atoms with van der Waals surface area (Å²) in [6.07, 6.45) is -9.41. The molecule has 0 aliphatic heterocycles. The van der Waals surface area contributed by atoms with Crippen LogP contribution in [-0.4, -0.2) is 32.2 Å². The second kappa shape index (κ2) is 11.2. The Bertz CT molecular complexity index is 1340. The van der Waals surface area contributed by atoms with Gasteiger partial charge in [0.1, 0.15) is 0 Å². The fourth-order valence-corrected chi connectivity index (χ4v) is 3.24. The van der Waals surface area contributed by atoms with E-state index in [1.807, 2.05) is 5.43 Å². The molecule has 0 aromatic heterocycles. The van der Waals surface area contributed by atoms with Gasteiger partial charge >= 0.3 is 12.4 Å². The van der Waals surface area contributed by atoms with E-state index in [2.05, 4.69) is 10.4 Å². The number of rotatable bonds is 7. The van der Waals surface area contributed by atoms with Crippen molar-refractivity contribution in [3.05, 3.63) is 88.5 Å². The van der Waals surface area contributed by atoms with E-state index >= 15 is 0 Å². The normalized spacial score (nSPS) is 11.8. The first-order chi connectivity index (χ1) is 17.8. The zero-order chi connectivity index (χ0) is 28.1. The summed E-state index contributed by atoms with van der Waals surface area (Å²) in [6, 6.07) is 11.1. The lowest BCUT2D eigenvalue weighted by molar-refractivity contribution is -0.143. The average molecular weight is 539 g/mol. The van der Waals surface area contributed by atoms with Gasteiger partial charge in [-0.3, -0.25) is 9.59 Å². The maximum absolute atomic E-state index is 13.0. The van der Waals surface area contributed by atoms with Gasteiger partial charge < -0.3 is 14.8 Å². The Morgan fingerprint density at radius 2 is 1.39 bits per heavy atom. The Kier molecular flexibility index (Phi) is 8.29. The third-order valence-corrected chi connectivity index (χ3v) is 5.06. The first-order valence-corrected chi connectivity index (χ1v) is 10.6. The monoisotopic (exact) mass is 539 g/mol. The molecule has 38 heavy (non-hydrogen) atoms. The number of hydrogen-bond donors (Lipinski definition) is 2. The molecule has 0 spiro atoms. The quantitative estimate of drug-likeness (QED) is 0.227. The number of alkyl halides is 6. The van der Waals surface area contributed by atoms with Crippen molar-refractivity contribution in [3.8, 4) is 11.5 Å². The fraction of sp³-hybridized carbons (Fsp3) is 0.160. The summed E-state index contributed by atoms with van der Waals surface area (Å²) in [4.78, 5) is 25.4. The van der Waals surface area contributed by atoms with Crippen molar-refractivity contribution in [3.63, 3.8) is 0 Å². The van der Waals surface area contributed by atoms with E-state index in [1.165, 1.54) is 56.7 Å². The Hall–Kier alpha value is -4.55. The lowest BCUT2D eigenvalue weighted by Gasteiger charge is -2.13. The molecular weight excluding hydrogens is 520 g/mol. The van der Waals surface area contributed by atoms with Gasteiger partial charge in [0.25, 0.3) is 11.8 Å². The number of halogens is 6. The standard InChI is InChI=1S/C25H19F6N3O4/c1-37-20-8-7-15(11-21(20)38-2)22(35)33-19-6-4-3-5-18(19)23(36)34-32-13-14-9-16(24(26,27)28)12-17(10-14)25(29,30)31/h3-13H,1-2H3,(H,33,35)(H,34,36)/b32-13+. The van der Waals surface area contributed by atoms with Crippen molar-refractivity contribution < 1.29 is 45.4 Å². The van der Waals surface area contributed by atoms with Crippen LogP contribution >= 0.6 is 0 Å².